The highest BCUT2D eigenvalue weighted by Gasteiger charge is 2.13. The molecule has 142 valence electrons. The van der Waals surface area contributed by atoms with E-state index in [9.17, 15) is 0 Å². The van der Waals surface area contributed by atoms with Crippen molar-refractivity contribution in [3.63, 3.8) is 0 Å². The number of hydrogen-bond donors (Lipinski definition) is 2. The SMILES string of the molecule is C=Cc1ncn(C)c1/C=C(\N)N(C)c1ccc(C2=CCNCC2)cc1CC. The number of nitrogens with one attached hydrogen (secondary N) is 1. The number of nitrogens with zero attached hydrogens (tertiary/aromatic N) is 3. The molecule has 0 fully saturated rings. The predicted molar refractivity (Wildman–Crippen MR) is 115 cm³/mol. The lowest BCUT2D eigenvalue weighted by Gasteiger charge is -2.24. The van der Waals surface area contributed by atoms with Gasteiger partial charge in [-0.3, -0.25) is 0 Å². The summed E-state index contributed by atoms with van der Waals surface area (Å²) in [6, 6.07) is 6.68. The zero-order valence-electron chi connectivity index (χ0n) is 16.5. The lowest BCUT2D eigenvalue weighted by molar-refractivity contribution is 0.738. The van der Waals surface area contributed by atoms with Crippen molar-refractivity contribution in [1.82, 2.24) is 14.9 Å². The quantitative estimate of drug-likeness (QED) is 0.826. The highest BCUT2D eigenvalue weighted by molar-refractivity contribution is 5.72. The van der Waals surface area contributed by atoms with Crippen molar-refractivity contribution in [1.29, 1.82) is 0 Å². The minimum absolute atomic E-state index is 0.672. The monoisotopic (exact) mass is 363 g/mol. The van der Waals surface area contributed by atoms with Crippen LogP contribution in [0.4, 0.5) is 5.69 Å². The van der Waals surface area contributed by atoms with E-state index in [4.69, 9.17) is 5.73 Å². The van der Waals surface area contributed by atoms with Gasteiger partial charge in [-0.15, -0.1) is 0 Å². The van der Waals surface area contributed by atoms with E-state index in [2.05, 4.69) is 48.1 Å². The standard InChI is InChI=1S/C22H29N5/c1-5-16-13-18(17-9-11-24-12-10-17)7-8-20(16)27(4)22(23)14-21-19(6-2)25-15-26(21)3/h6-9,13-15,24H,2,5,10-12,23H2,1,3-4H3/b22-14+. The van der Waals surface area contributed by atoms with Crippen molar-refractivity contribution < 1.29 is 0 Å². The first-order chi connectivity index (χ1) is 13.0. The summed E-state index contributed by atoms with van der Waals surface area (Å²) in [7, 11) is 3.96. The third-order valence-corrected chi connectivity index (χ3v) is 5.13. The van der Waals surface area contributed by atoms with Crippen LogP contribution in [-0.4, -0.2) is 29.7 Å². The zero-order valence-corrected chi connectivity index (χ0v) is 16.5. The predicted octanol–water partition coefficient (Wildman–Crippen LogP) is 3.40. The summed E-state index contributed by atoms with van der Waals surface area (Å²) in [6.45, 7) is 8.00. The second-order valence-corrected chi connectivity index (χ2v) is 6.84. The fourth-order valence-corrected chi connectivity index (χ4v) is 3.45. The van der Waals surface area contributed by atoms with Crippen LogP contribution in [0.2, 0.25) is 0 Å². The van der Waals surface area contributed by atoms with Crippen molar-refractivity contribution in [2.45, 2.75) is 19.8 Å². The smallest absolute Gasteiger partial charge is 0.105 e. The molecule has 0 amide bonds. The van der Waals surface area contributed by atoms with E-state index in [1.807, 2.05) is 29.6 Å². The van der Waals surface area contributed by atoms with Gasteiger partial charge in [0.25, 0.3) is 0 Å². The van der Waals surface area contributed by atoms with Crippen LogP contribution in [0.5, 0.6) is 0 Å². The molecule has 2 aromatic rings. The second-order valence-electron chi connectivity index (χ2n) is 6.84. The van der Waals surface area contributed by atoms with Crippen LogP contribution in [0, 0.1) is 0 Å². The molecule has 0 saturated carbocycles. The molecule has 5 nitrogen and oxygen atoms in total. The largest absolute Gasteiger partial charge is 0.385 e. The molecule has 0 spiro atoms. The van der Waals surface area contributed by atoms with Crippen LogP contribution in [0.25, 0.3) is 17.7 Å². The molecule has 0 atom stereocenters. The molecular formula is C22H29N5. The summed E-state index contributed by atoms with van der Waals surface area (Å²) in [4.78, 5) is 6.37. The van der Waals surface area contributed by atoms with E-state index in [1.165, 1.54) is 16.7 Å². The van der Waals surface area contributed by atoms with Crippen LogP contribution in [0.15, 0.2) is 43.0 Å². The van der Waals surface area contributed by atoms with E-state index in [0.717, 1.165) is 43.0 Å². The lowest BCUT2D eigenvalue weighted by atomic mass is 9.96. The molecular weight excluding hydrogens is 334 g/mol. The van der Waals surface area contributed by atoms with Gasteiger partial charge < -0.3 is 20.5 Å². The number of anilines is 1. The average molecular weight is 364 g/mol. The van der Waals surface area contributed by atoms with Crippen molar-refractivity contribution in [3.8, 4) is 0 Å². The Morgan fingerprint density at radius 2 is 2.26 bits per heavy atom. The van der Waals surface area contributed by atoms with Gasteiger partial charge in [-0.05, 0) is 54.3 Å². The molecule has 2 heterocycles. The van der Waals surface area contributed by atoms with Gasteiger partial charge in [0.05, 0.1) is 17.7 Å². The number of aromatic nitrogens is 2. The van der Waals surface area contributed by atoms with Gasteiger partial charge in [-0.1, -0.05) is 25.6 Å². The fraction of sp³-hybridized carbons (Fsp3) is 0.318. The Morgan fingerprint density at radius 3 is 2.93 bits per heavy atom. The highest BCUT2D eigenvalue weighted by Crippen LogP contribution is 2.28. The molecule has 1 aromatic heterocycles. The van der Waals surface area contributed by atoms with Crippen LogP contribution < -0.4 is 16.0 Å². The molecule has 3 N–H and O–H groups in total. The van der Waals surface area contributed by atoms with Gasteiger partial charge in [0.1, 0.15) is 5.82 Å². The number of nitrogens with two attached hydrogens (primary N) is 1. The Labute approximate surface area is 161 Å². The van der Waals surface area contributed by atoms with Crippen LogP contribution in [0.1, 0.15) is 35.9 Å². The van der Waals surface area contributed by atoms with E-state index in [0.29, 0.717) is 5.82 Å². The average Bonchev–Trinajstić information content (AvgIpc) is 3.07. The Balaban J connectivity index is 1.92. The Hall–Kier alpha value is -2.79. The van der Waals surface area contributed by atoms with Gasteiger partial charge in [0, 0.05) is 32.4 Å². The lowest BCUT2D eigenvalue weighted by Crippen LogP contribution is -2.24. The molecule has 0 radical (unpaired) electrons. The first-order valence-electron chi connectivity index (χ1n) is 9.42. The van der Waals surface area contributed by atoms with Crippen molar-refractivity contribution in [2.75, 3.05) is 25.0 Å². The van der Waals surface area contributed by atoms with Crippen LogP contribution in [0.3, 0.4) is 0 Å². The first-order valence-corrected chi connectivity index (χ1v) is 9.42. The second kappa shape index (κ2) is 8.27. The number of rotatable bonds is 6. The maximum atomic E-state index is 6.43. The van der Waals surface area contributed by atoms with Gasteiger partial charge in [0.2, 0.25) is 0 Å². The summed E-state index contributed by atoms with van der Waals surface area (Å²) < 4.78 is 1.95. The maximum Gasteiger partial charge on any atom is 0.105 e. The molecule has 5 heteroatoms. The summed E-state index contributed by atoms with van der Waals surface area (Å²) in [6.07, 6.45) is 9.79. The number of aryl methyl sites for hydroxylation is 2. The molecule has 0 unspecified atom stereocenters. The molecule has 1 aliphatic rings. The number of hydrogen-bond acceptors (Lipinski definition) is 4. The minimum atomic E-state index is 0.672. The summed E-state index contributed by atoms with van der Waals surface area (Å²) in [5.41, 5.74) is 13.4. The van der Waals surface area contributed by atoms with Crippen molar-refractivity contribution in [3.05, 3.63) is 65.5 Å². The van der Waals surface area contributed by atoms with Gasteiger partial charge in [0.15, 0.2) is 0 Å². The topological polar surface area (TPSA) is 59.1 Å². The Kier molecular flexibility index (Phi) is 5.81. The third-order valence-electron chi connectivity index (χ3n) is 5.13. The molecule has 0 saturated heterocycles. The zero-order chi connectivity index (χ0) is 19.4. The van der Waals surface area contributed by atoms with E-state index in [-0.39, 0.29) is 0 Å². The summed E-state index contributed by atoms with van der Waals surface area (Å²) in [5, 5.41) is 3.37. The van der Waals surface area contributed by atoms with Crippen LogP contribution in [-0.2, 0) is 13.5 Å². The molecule has 1 aliphatic heterocycles. The molecule has 3 rings (SSSR count). The Bertz CT molecular complexity index is 888. The summed E-state index contributed by atoms with van der Waals surface area (Å²) >= 11 is 0. The van der Waals surface area contributed by atoms with Gasteiger partial charge in [-0.25, -0.2) is 4.98 Å². The van der Waals surface area contributed by atoms with Gasteiger partial charge >= 0.3 is 0 Å². The molecule has 0 aliphatic carbocycles. The maximum absolute atomic E-state index is 6.43. The molecule has 0 bridgehead atoms. The highest BCUT2D eigenvalue weighted by atomic mass is 15.2. The minimum Gasteiger partial charge on any atom is -0.385 e. The summed E-state index contributed by atoms with van der Waals surface area (Å²) in [5.74, 6) is 0.672. The van der Waals surface area contributed by atoms with E-state index >= 15 is 0 Å². The van der Waals surface area contributed by atoms with Crippen molar-refractivity contribution in [2.24, 2.45) is 12.8 Å². The molecule has 27 heavy (non-hydrogen) atoms. The van der Waals surface area contributed by atoms with Crippen LogP contribution >= 0.6 is 0 Å². The number of benzene rings is 1. The first kappa shape index (κ1) is 19.0. The van der Waals surface area contributed by atoms with Gasteiger partial charge in [-0.2, -0.15) is 0 Å². The Morgan fingerprint density at radius 1 is 1.44 bits per heavy atom. The van der Waals surface area contributed by atoms with E-state index < -0.39 is 0 Å². The van der Waals surface area contributed by atoms with E-state index in [1.54, 1.807) is 12.4 Å². The fourth-order valence-electron chi connectivity index (χ4n) is 3.45. The third kappa shape index (κ3) is 3.98. The normalized spacial score (nSPS) is 14.8. The number of imidazole rings is 1. The molecule has 1 aromatic carbocycles. The van der Waals surface area contributed by atoms with Crippen molar-refractivity contribution >= 4 is 23.4 Å².